The molecule has 192 valence electrons. The van der Waals surface area contributed by atoms with Gasteiger partial charge in [-0.2, -0.15) is 18.3 Å². The van der Waals surface area contributed by atoms with Gasteiger partial charge in [0.2, 0.25) is 0 Å². The van der Waals surface area contributed by atoms with E-state index in [0.717, 1.165) is 47.3 Å². The lowest BCUT2D eigenvalue weighted by atomic mass is 9.71. The second-order valence-corrected chi connectivity index (χ2v) is 9.53. The molecule has 0 bridgehead atoms. The van der Waals surface area contributed by atoms with Crippen LogP contribution in [0.1, 0.15) is 65.5 Å². The molecule has 3 aromatic heterocycles. The van der Waals surface area contributed by atoms with Crippen LogP contribution in [0, 0.1) is 0 Å². The van der Waals surface area contributed by atoms with Gasteiger partial charge in [0.1, 0.15) is 0 Å². The number of aromatic nitrogens is 4. The summed E-state index contributed by atoms with van der Waals surface area (Å²) in [4.78, 5) is 22.1. The van der Waals surface area contributed by atoms with Crippen molar-refractivity contribution in [3.05, 3.63) is 83.1 Å². The van der Waals surface area contributed by atoms with Gasteiger partial charge in [-0.3, -0.25) is 19.4 Å². The Balaban J connectivity index is 1.61. The minimum Gasteiger partial charge on any atom is -0.397 e. The molecule has 2 unspecified atom stereocenters. The van der Waals surface area contributed by atoms with E-state index < -0.39 is 17.3 Å². The molecule has 7 nitrogen and oxygen atoms in total. The smallest absolute Gasteiger partial charge is 0.397 e. The number of fused-ring (bicyclic) bond motifs is 2. The second-order valence-electron chi connectivity index (χ2n) is 9.53. The minimum absolute atomic E-state index is 0.129. The summed E-state index contributed by atoms with van der Waals surface area (Å²) in [5.74, 6) is -0.682. The summed E-state index contributed by atoms with van der Waals surface area (Å²) in [5.41, 5.74) is 7.28. The van der Waals surface area contributed by atoms with E-state index in [1.807, 2.05) is 17.7 Å². The maximum atomic E-state index is 13.6. The molecule has 1 aromatic carbocycles. The van der Waals surface area contributed by atoms with Crippen LogP contribution >= 0.6 is 0 Å². The molecule has 0 aliphatic heterocycles. The molecular formula is C27H27F3N6O. The highest BCUT2D eigenvalue weighted by atomic mass is 19.4. The van der Waals surface area contributed by atoms with Gasteiger partial charge in [0.15, 0.2) is 0 Å². The summed E-state index contributed by atoms with van der Waals surface area (Å²) >= 11 is 0. The first-order valence-corrected chi connectivity index (χ1v) is 12.2. The molecule has 1 aliphatic carbocycles. The quantitative estimate of drug-likeness (QED) is 0.386. The summed E-state index contributed by atoms with van der Waals surface area (Å²) < 4.78 is 42.0. The minimum atomic E-state index is -4.58. The topological polar surface area (TPSA) is 98.7 Å². The maximum absolute atomic E-state index is 13.6. The molecule has 0 saturated heterocycles. The van der Waals surface area contributed by atoms with Crippen LogP contribution in [0.3, 0.4) is 0 Å². The highest BCUT2D eigenvalue weighted by molar-refractivity contribution is 5.98. The van der Waals surface area contributed by atoms with Crippen molar-refractivity contribution in [1.29, 1.82) is 0 Å². The molecule has 1 amide bonds. The summed E-state index contributed by atoms with van der Waals surface area (Å²) in [6, 6.07) is 9.71. The fourth-order valence-corrected chi connectivity index (χ4v) is 5.40. The van der Waals surface area contributed by atoms with Crippen molar-refractivity contribution < 1.29 is 18.0 Å². The number of amides is 1. The van der Waals surface area contributed by atoms with Crippen LogP contribution in [0.5, 0.6) is 0 Å². The van der Waals surface area contributed by atoms with E-state index in [-0.39, 0.29) is 23.2 Å². The zero-order chi connectivity index (χ0) is 26.4. The van der Waals surface area contributed by atoms with Crippen molar-refractivity contribution in [2.45, 2.75) is 57.3 Å². The lowest BCUT2D eigenvalue weighted by Gasteiger charge is -2.41. The van der Waals surface area contributed by atoms with Gasteiger partial charge in [-0.05, 0) is 69.0 Å². The van der Waals surface area contributed by atoms with E-state index in [1.165, 1.54) is 0 Å². The molecule has 0 fully saturated rings. The maximum Gasteiger partial charge on any atom is 0.417 e. The number of nitrogens with zero attached hydrogens (tertiary/aromatic N) is 4. The number of anilines is 1. The highest BCUT2D eigenvalue weighted by Crippen LogP contribution is 2.46. The van der Waals surface area contributed by atoms with Crippen molar-refractivity contribution in [1.82, 2.24) is 25.1 Å². The summed E-state index contributed by atoms with van der Waals surface area (Å²) in [6.45, 7) is 4.47. The summed E-state index contributed by atoms with van der Waals surface area (Å²) in [7, 11) is 0. The number of pyridine rings is 2. The number of hydrogen-bond acceptors (Lipinski definition) is 5. The van der Waals surface area contributed by atoms with Crippen LogP contribution < -0.4 is 11.1 Å². The Kier molecular flexibility index (Phi) is 6.13. The molecule has 37 heavy (non-hydrogen) atoms. The summed E-state index contributed by atoms with van der Waals surface area (Å²) in [5, 5.41) is 8.42. The first-order valence-electron chi connectivity index (χ1n) is 12.2. The molecule has 5 rings (SSSR count). The first-order chi connectivity index (χ1) is 17.6. The van der Waals surface area contributed by atoms with Crippen molar-refractivity contribution in [3.8, 4) is 0 Å². The van der Waals surface area contributed by atoms with Gasteiger partial charge >= 0.3 is 6.18 Å². The molecule has 4 aromatic rings. The number of halogens is 3. The first kappa shape index (κ1) is 24.7. The van der Waals surface area contributed by atoms with Crippen LogP contribution in [-0.4, -0.2) is 25.7 Å². The Morgan fingerprint density at radius 1 is 1.19 bits per heavy atom. The van der Waals surface area contributed by atoms with Crippen molar-refractivity contribution in [2.24, 2.45) is 0 Å². The number of nitrogen functional groups attached to an aromatic ring is 1. The number of carbonyl (C=O) groups excluding carboxylic acids is 1. The van der Waals surface area contributed by atoms with Crippen LogP contribution in [-0.2, 0) is 24.7 Å². The number of benzene rings is 1. The van der Waals surface area contributed by atoms with Gasteiger partial charge in [-0.15, -0.1) is 0 Å². The number of nitrogens with one attached hydrogen (secondary N) is 1. The predicted octanol–water partition coefficient (Wildman–Crippen LogP) is 5.21. The zero-order valence-electron chi connectivity index (χ0n) is 20.5. The number of alkyl halides is 3. The van der Waals surface area contributed by atoms with Crippen molar-refractivity contribution >= 4 is 22.5 Å². The fourth-order valence-electron chi connectivity index (χ4n) is 5.40. The number of rotatable bonds is 5. The standard InChI is InChI=1S/C27H27F3N6O/c1-3-36-23-8-4-7-20(19(23)15-34-36)26(2,24-21(31)13-18(14-33-24)27(28,29)30)35-25(37)17-9-10-22-16(12-17)6-5-11-32-22/h5-6,9-15,20H,3-4,7-8,31H2,1-2H3,(H,35,37). The van der Waals surface area contributed by atoms with Crippen LogP contribution in [0.2, 0.25) is 0 Å². The molecule has 3 heterocycles. The van der Waals surface area contributed by atoms with E-state index in [9.17, 15) is 18.0 Å². The molecular weight excluding hydrogens is 481 g/mol. The molecule has 3 N–H and O–H groups in total. The van der Waals surface area contributed by atoms with Gasteiger partial charge in [-0.1, -0.05) is 6.07 Å². The average molecular weight is 509 g/mol. The Bertz CT molecular complexity index is 1480. The van der Waals surface area contributed by atoms with Gasteiger partial charge in [0.25, 0.3) is 5.91 Å². The molecule has 1 aliphatic rings. The highest BCUT2D eigenvalue weighted by Gasteiger charge is 2.45. The Hall–Kier alpha value is -3.95. The van der Waals surface area contributed by atoms with Gasteiger partial charge in [0, 0.05) is 41.5 Å². The number of hydrogen-bond donors (Lipinski definition) is 2. The van der Waals surface area contributed by atoms with Crippen molar-refractivity contribution in [2.75, 3.05) is 5.73 Å². The third kappa shape index (κ3) is 4.41. The van der Waals surface area contributed by atoms with Crippen LogP contribution in [0.25, 0.3) is 10.9 Å². The molecule has 0 saturated carbocycles. The van der Waals surface area contributed by atoms with Crippen LogP contribution in [0.4, 0.5) is 18.9 Å². The van der Waals surface area contributed by atoms with E-state index in [1.54, 1.807) is 43.6 Å². The third-order valence-electron chi connectivity index (χ3n) is 7.23. The lowest BCUT2D eigenvalue weighted by Crippen LogP contribution is -2.49. The lowest BCUT2D eigenvalue weighted by molar-refractivity contribution is -0.137. The Morgan fingerprint density at radius 2 is 2.00 bits per heavy atom. The van der Waals surface area contributed by atoms with E-state index in [0.29, 0.717) is 18.5 Å². The second kappa shape index (κ2) is 9.17. The summed E-state index contributed by atoms with van der Waals surface area (Å²) in [6.07, 6.45) is 2.00. The number of carbonyl (C=O) groups is 1. The van der Waals surface area contributed by atoms with Crippen LogP contribution in [0.15, 0.2) is 55.0 Å². The third-order valence-corrected chi connectivity index (χ3v) is 7.23. The number of aryl methyl sites for hydroxylation is 1. The van der Waals surface area contributed by atoms with Crippen molar-refractivity contribution in [3.63, 3.8) is 0 Å². The molecule has 10 heteroatoms. The average Bonchev–Trinajstić information content (AvgIpc) is 3.31. The zero-order valence-corrected chi connectivity index (χ0v) is 20.5. The predicted molar refractivity (Wildman–Crippen MR) is 134 cm³/mol. The van der Waals surface area contributed by atoms with Gasteiger partial charge < -0.3 is 11.1 Å². The molecule has 0 radical (unpaired) electrons. The van der Waals surface area contributed by atoms with Gasteiger partial charge in [-0.25, -0.2) is 0 Å². The van der Waals surface area contributed by atoms with E-state index in [2.05, 4.69) is 20.4 Å². The Morgan fingerprint density at radius 3 is 2.73 bits per heavy atom. The molecule has 2 atom stereocenters. The van der Waals surface area contributed by atoms with E-state index >= 15 is 0 Å². The Labute approximate surface area is 211 Å². The van der Waals surface area contributed by atoms with Gasteiger partial charge in [0.05, 0.1) is 34.2 Å². The molecule has 0 spiro atoms. The monoisotopic (exact) mass is 508 g/mol. The number of nitrogens with two attached hydrogens (primary N) is 1. The van der Waals surface area contributed by atoms with E-state index in [4.69, 9.17) is 5.73 Å². The SMILES string of the molecule is CCn1ncc2c1CCCC2C(C)(NC(=O)c1ccc2ncccc2c1)c1ncc(C(F)(F)F)cc1N. The fraction of sp³-hybridized carbons (Fsp3) is 0.333. The largest absolute Gasteiger partial charge is 0.417 e. The normalized spacial score (nSPS) is 17.3.